The standard InChI is InChI=1S/C21H24FN3O2S/c1-15(27-2)20(26)25-21(12-7-13-23,17-9-4-3-5-10-17)28-19(24-25)16-8-6-11-18(22)14-16/h3-6,8-11,14-15H,7,12-13,23H2,1-2H3. The lowest BCUT2D eigenvalue weighted by Gasteiger charge is -2.36. The molecule has 1 amide bonds. The summed E-state index contributed by atoms with van der Waals surface area (Å²) in [5, 5.41) is 6.72. The molecule has 0 saturated heterocycles. The van der Waals surface area contributed by atoms with Crippen LogP contribution in [0.4, 0.5) is 4.39 Å². The summed E-state index contributed by atoms with van der Waals surface area (Å²) in [4.78, 5) is 12.4. The zero-order valence-electron chi connectivity index (χ0n) is 16.0. The first-order chi connectivity index (χ1) is 13.5. The third-order valence-corrected chi connectivity index (χ3v) is 6.19. The topological polar surface area (TPSA) is 67.9 Å². The summed E-state index contributed by atoms with van der Waals surface area (Å²) in [7, 11) is 1.49. The van der Waals surface area contributed by atoms with Gasteiger partial charge in [0.15, 0.2) is 0 Å². The highest BCUT2D eigenvalue weighted by Crippen LogP contribution is 2.50. The minimum atomic E-state index is -0.758. The number of hydrogen-bond acceptors (Lipinski definition) is 5. The fraction of sp³-hybridized carbons (Fsp3) is 0.333. The van der Waals surface area contributed by atoms with E-state index in [9.17, 15) is 9.18 Å². The van der Waals surface area contributed by atoms with Crippen LogP contribution in [0.5, 0.6) is 0 Å². The van der Waals surface area contributed by atoms with E-state index in [2.05, 4.69) is 5.10 Å². The van der Waals surface area contributed by atoms with Gasteiger partial charge in [0.1, 0.15) is 21.8 Å². The number of halogens is 1. The SMILES string of the molecule is COC(C)C(=O)N1N=C(c2cccc(F)c2)SC1(CCCN)c1ccccc1. The van der Waals surface area contributed by atoms with Crippen molar-refractivity contribution in [2.45, 2.75) is 30.7 Å². The summed E-state index contributed by atoms with van der Waals surface area (Å²) in [5.74, 6) is -0.592. The molecule has 2 unspecified atom stereocenters. The molecule has 3 rings (SSSR count). The molecular weight excluding hydrogens is 377 g/mol. The van der Waals surface area contributed by atoms with Gasteiger partial charge >= 0.3 is 0 Å². The van der Waals surface area contributed by atoms with Gasteiger partial charge in [0, 0.05) is 12.7 Å². The Kier molecular flexibility index (Phi) is 6.49. The highest BCUT2D eigenvalue weighted by Gasteiger charge is 2.49. The normalized spacial score (nSPS) is 20.1. The van der Waals surface area contributed by atoms with Gasteiger partial charge < -0.3 is 10.5 Å². The van der Waals surface area contributed by atoms with Crippen LogP contribution in [0.1, 0.15) is 30.9 Å². The summed E-state index contributed by atoms with van der Waals surface area (Å²) >= 11 is 1.45. The molecule has 148 valence electrons. The zero-order chi connectivity index (χ0) is 20.1. The van der Waals surface area contributed by atoms with Crippen molar-refractivity contribution in [2.75, 3.05) is 13.7 Å². The summed E-state index contributed by atoms with van der Waals surface area (Å²) in [6, 6.07) is 16.0. The smallest absolute Gasteiger partial charge is 0.273 e. The second-order valence-corrected chi connectivity index (χ2v) is 7.85. The molecule has 2 N–H and O–H groups in total. The van der Waals surface area contributed by atoms with E-state index in [0.29, 0.717) is 30.0 Å². The van der Waals surface area contributed by atoms with Gasteiger partial charge in [-0.05, 0) is 44.0 Å². The van der Waals surface area contributed by atoms with Crippen molar-refractivity contribution in [1.29, 1.82) is 0 Å². The van der Waals surface area contributed by atoms with Crippen LogP contribution in [0.25, 0.3) is 0 Å². The molecule has 28 heavy (non-hydrogen) atoms. The van der Waals surface area contributed by atoms with E-state index in [4.69, 9.17) is 10.5 Å². The number of benzene rings is 2. The first-order valence-electron chi connectivity index (χ1n) is 9.18. The van der Waals surface area contributed by atoms with E-state index < -0.39 is 11.0 Å². The molecule has 0 fully saturated rings. The molecule has 1 heterocycles. The minimum Gasteiger partial charge on any atom is -0.372 e. The van der Waals surface area contributed by atoms with Gasteiger partial charge in [-0.2, -0.15) is 5.10 Å². The number of rotatable bonds is 7. The van der Waals surface area contributed by atoms with E-state index in [1.807, 2.05) is 30.3 Å². The molecular formula is C21H24FN3O2S. The van der Waals surface area contributed by atoms with Crippen LogP contribution in [0, 0.1) is 5.82 Å². The molecule has 2 aromatic carbocycles. The maximum atomic E-state index is 13.8. The average molecular weight is 402 g/mol. The highest BCUT2D eigenvalue weighted by molar-refractivity contribution is 8.15. The Bertz CT molecular complexity index is 862. The predicted octanol–water partition coefficient (Wildman–Crippen LogP) is 3.69. The number of hydrogen-bond donors (Lipinski definition) is 1. The molecule has 0 spiro atoms. The van der Waals surface area contributed by atoms with Crippen LogP contribution in [-0.2, 0) is 14.4 Å². The molecule has 5 nitrogen and oxygen atoms in total. The fourth-order valence-corrected chi connectivity index (χ4v) is 4.56. The van der Waals surface area contributed by atoms with Crippen molar-refractivity contribution in [2.24, 2.45) is 10.8 Å². The second kappa shape index (κ2) is 8.86. The van der Waals surface area contributed by atoms with Crippen LogP contribution < -0.4 is 5.73 Å². The third-order valence-electron chi connectivity index (χ3n) is 4.72. The van der Waals surface area contributed by atoms with Crippen LogP contribution in [0.3, 0.4) is 0 Å². The van der Waals surface area contributed by atoms with Crippen molar-refractivity contribution in [3.63, 3.8) is 0 Å². The Balaban J connectivity index is 2.11. The van der Waals surface area contributed by atoms with Crippen molar-refractivity contribution >= 4 is 22.7 Å². The summed E-state index contributed by atoms with van der Waals surface area (Å²) in [6.45, 7) is 2.19. The van der Waals surface area contributed by atoms with E-state index >= 15 is 0 Å². The Morgan fingerprint density at radius 3 is 2.68 bits per heavy atom. The number of amides is 1. The molecule has 7 heteroatoms. The lowest BCUT2D eigenvalue weighted by Crippen LogP contribution is -2.46. The molecule has 0 radical (unpaired) electrons. The number of carbonyl (C=O) groups excluding carboxylic acids is 1. The summed E-state index contributed by atoms with van der Waals surface area (Å²) in [5.41, 5.74) is 7.37. The number of carbonyl (C=O) groups is 1. The Labute approximate surface area is 168 Å². The number of ether oxygens (including phenoxy) is 1. The van der Waals surface area contributed by atoms with Crippen molar-refractivity contribution in [1.82, 2.24) is 5.01 Å². The van der Waals surface area contributed by atoms with Crippen LogP contribution in [0.2, 0.25) is 0 Å². The molecule has 0 aliphatic carbocycles. The van der Waals surface area contributed by atoms with Gasteiger partial charge in [0.05, 0.1) is 0 Å². The average Bonchev–Trinajstić information content (AvgIpc) is 3.12. The van der Waals surface area contributed by atoms with E-state index in [-0.39, 0.29) is 11.7 Å². The van der Waals surface area contributed by atoms with Crippen molar-refractivity contribution in [3.05, 3.63) is 71.5 Å². The van der Waals surface area contributed by atoms with Crippen LogP contribution in [-0.4, -0.2) is 35.7 Å². The van der Waals surface area contributed by atoms with Gasteiger partial charge in [0.2, 0.25) is 0 Å². The molecule has 2 atom stereocenters. The molecule has 1 aliphatic rings. The summed E-state index contributed by atoms with van der Waals surface area (Å²) in [6.07, 6.45) is 0.666. The van der Waals surface area contributed by atoms with Gasteiger partial charge in [-0.3, -0.25) is 4.79 Å². The van der Waals surface area contributed by atoms with Crippen molar-refractivity contribution < 1.29 is 13.9 Å². The third kappa shape index (κ3) is 3.97. The van der Waals surface area contributed by atoms with Crippen molar-refractivity contribution in [3.8, 4) is 0 Å². The fourth-order valence-electron chi connectivity index (χ4n) is 3.16. The minimum absolute atomic E-state index is 0.248. The maximum absolute atomic E-state index is 13.8. The van der Waals surface area contributed by atoms with Crippen LogP contribution in [0.15, 0.2) is 59.7 Å². The Hall–Kier alpha value is -2.22. The molecule has 0 saturated carbocycles. The van der Waals surface area contributed by atoms with E-state index in [1.54, 1.807) is 19.1 Å². The van der Waals surface area contributed by atoms with Crippen LogP contribution >= 0.6 is 11.8 Å². The van der Waals surface area contributed by atoms with E-state index in [1.165, 1.54) is 36.0 Å². The monoisotopic (exact) mass is 401 g/mol. The first-order valence-corrected chi connectivity index (χ1v) is 9.99. The molecule has 1 aliphatic heterocycles. The van der Waals surface area contributed by atoms with Gasteiger partial charge in [-0.1, -0.05) is 54.2 Å². The predicted molar refractivity (Wildman–Crippen MR) is 110 cm³/mol. The Morgan fingerprint density at radius 2 is 2.04 bits per heavy atom. The number of nitrogens with two attached hydrogens (primary N) is 1. The zero-order valence-corrected chi connectivity index (χ0v) is 16.8. The lowest BCUT2D eigenvalue weighted by atomic mass is 10.00. The second-order valence-electron chi connectivity index (χ2n) is 6.59. The highest BCUT2D eigenvalue weighted by atomic mass is 32.2. The molecule has 2 aromatic rings. The Morgan fingerprint density at radius 1 is 1.29 bits per heavy atom. The van der Waals surface area contributed by atoms with Gasteiger partial charge in [-0.15, -0.1) is 0 Å². The number of hydrazone groups is 1. The quantitative estimate of drug-likeness (QED) is 0.768. The van der Waals surface area contributed by atoms with Gasteiger partial charge in [0.25, 0.3) is 5.91 Å². The largest absolute Gasteiger partial charge is 0.372 e. The van der Waals surface area contributed by atoms with Gasteiger partial charge in [-0.25, -0.2) is 9.40 Å². The number of methoxy groups -OCH3 is 1. The lowest BCUT2D eigenvalue weighted by molar-refractivity contribution is -0.144. The number of nitrogens with zero attached hydrogens (tertiary/aromatic N) is 2. The maximum Gasteiger partial charge on any atom is 0.273 e. The first kappa shape index (κ1) is 20.5. The molecule has 0 aromatic heterocycles. The number of thioether (sulfide) groups is 1. The molecule has 0 bridgehead atoms. The summed E-state index contributed by atoms with van der Waals surface area (Å²) < 4.78 is 19.1. The van der Waals surface area contributed by atoms with E-state index in [0.717, 1.165) is 5.56 Å².